The summed E-state index contributed by atoms with van der Waals surface area (Å²) in [6, 6.07) is 10.2. The van der Waals surface area contributed by atoms with Crippen LogP contribution in [0, 0.1) is 11.8 Å². The number of hydrogen-bond acceptors (Lipinski definition) is 4. The van der Waals surface area contributed by atoms with Crippen LogP contribution in [0.1, 0.15) is 63.4 Å². The van der Waals surface area contributed by atoms with E-state index in [2.05, 4.69) is 58.0 Å². The summed E-state index contributed by atoms with van der Waals surface area (Å²) in [5, 5.41) is 16.2. The van der Waals surface area contributed by atoms with Gasteiger partial charge in [-0.1, -0.05) is 54.6 Å². The first kappa shape index (κ1) is 25.1. The van der Waals surface area contributed by atoms with Gasteiger partial charge in [0.25, 0.3) is 0 Å². The van der Waals surface area contributed by atoms with Crippen LogP contribution in [0.4, 0.5) is 0 Å². The SMILES string of the molecule is O=C(O)CCCCC1=C(c2ccccc2)NC2=CCC(C(=O)N3CCCC(C4=CCCC=C4)C3)C=C2N1. The number of carbonyl (C=O) groups is 2. The number of carbonyl (C=O) groups excluding carboxylic acids is 1. The summed E-state index contributed by atoms with van der Waals surface area (Å²) in [4.78, 5) is 26.6. The van der Waals surface area contributed by atoms with Gasteiger partial charge in [-0.15, -0.1) is 0 Å². The summed E-state index contributed by atoms with van der Waals surface area (Å²) in [6.07, 6.45) is 18.5. The molecule has 2 aliphatic carbocycles. The summed E-state index contributed by atoms with van der Waals surface area (Å²) >= 11 is 0. The lowest BCUT2D eigenvalue weighted by Crippen LogP contribution is -2.44. The van der Waals surface area contributed by atoms with Crippen LogP contribution in [-0.4, -0.2) is 35.0 Å². The fraction of sp³-hybridized carbons (Fsp3) is 0.419. The highest BCUT2D eigenvalue weighted by Gasteiger charge is 2.32. The van der Waals surface area contributed by atoms with Crippen molar-refractivity contribution in [3.63, 3.8) is 0 Å². The number of unbranched alkanes of at least 4 members (excludes halogenated alkanes) is 1. The molecule has 37 heavy (non-hydrogen) atoms. The van der Waals surface area contributed by atoms with E-state index in [4.69, 9.17) is 5.11 Å². The van der Waals surface area contributed by atoms with Crippen molar-refractivity contribution in [2.45, 2.75) is 57.8 Å². The number of carboxylic acids is 1. The molecular weight excluding hydrogens is 462 g/mol. The zero-order chi connectivity index (χ0) is 25.6. The largest absolute Gasteiger partial charge is 0.481 e. The summed E-state index contributed by atoms with van der Waals surface area (Å²) in [5.41, 5.74) is 6.51. The van der Waals surface area contributed by atoms with Gasteiger partial charge < -0.3 is 20.6 Å². The second kappa shape index (κ2) is 11.7. The quantitative estimate of drug-likeness (QED) is 0.412. The van der Waals surface area contributed by atoms with Crippen LogP contribution in [0.15, 0.2) is 83.4 Å². The number of likely N-dealkylation sites (tertiary alicyclic amines) is 1. The normalized spacial score (nSPS) is 23.2. The number of carboxylic acid groups (broad SMARTS) is 1. The molecule has 194 valence electrons. The number of rotatable bonds is 8. The molecule has 0 saturated carbocycles. The number of aliphatic carboxylic acids is 1. The van der Waals surface area contributed by atoms with E-state index < -0.39 is 5.97 Å². The van der Waals surface area contributed by atoms with Gasteiger partial charge in [0.05, 0.1) is 23.0 Å². The van der Waals surface area contributed by atoms with E-state index in [0.29, 0.717) is 18.8 Å². The molecule has 6 heteroatoms. The molecule has 0 aromatic heterocycles. The Morgan fingerprint density at radius 3 is 2.68 bits per heavy atom. The lowest BCUT2D eigenvalue weighted by Gasteiger charge is -2.37. The van der Waals surface area contributed by atoms with Crippen LogP contribution in [0.5, 0.6) is 0 Å². The fourth-order valence-electron chi connectivity index (χ4n) is 5.79. The van der Waals surface area contributed by atoms with Crippen molar-refractivity contribution >= 4 is 17.6 Å². The third-order valence-electron chi connectivity index (χ3n) is 7.76. The molecule has 2 unspecified atom stereocenters. The average Bonchev–Trinajstić information content (AvgIpc) is 2.95. The van der Waals surface area contributed by atoms with Crippen molar-refractivity contribution in [2.75, 3.05) is 13.1 Å². The van der Waals surface area contributed by atoms with Crippen LogP contribution in [0.25, 0.3) is 5.70 Å². The maximum Gasteiger partial charge on any atom is 0.303 e. The summed E-state index contributed by atoms with van der Waals surface area (Å²) in [6.45, 7) is 1.64. The monoisotopic (exact) mass is 499 g/mol. The van der Waals surface area contributed by atoms with E-state index in [1.54, 1.807) is 0 Å². The molecule has 6 nitrogen and oxygen atoms in total. The van der Waals surface area contributed by atoms with Gasteiger partial charge in [-0.2, -0.15) is 0 Å². The molecule has 1 aromatic rings. The van der Waals surface area contributed by atoms with Crippen molar-refractivity contribution in [1.82, 2.24) is 15.5 Å². The van der Waals surface area contributed by atoms with Crippen molar-refractivity contribution < 1.29 is 14.7 Å². The molecule has 0 bridgehead atoms. The van der Waals surface area contributed by atoms with Crippen LogP contribution >= 0.6 is 0 Å². The molecule has 2 heterocycles. The van der Waals surface area contributed by atoms with E-state index in [-0.39, 0.29) is 18.2 Å². The molecule has 1 fully saturated rings. The van der Waals surface area contributed by atoms with Gasteiger partial charge >= 0.3 is 5.97 Å². The first-order chi connectivity index (χ1) is 18.1. The molecule has 4 aliphatic rings. The molecule has 1 amide bonds. The molecule has 5 rings (SSSR count). The predicted octanol–water partition coefficient (Wildman–Crippen LogP) is 5.50. The molecule has 3 N–H and O–H groups in total. The lowest BCUT2D eigenvalue weighted by molar-refractivity contribution is -0.137. The van der Waals surface area contributed by atoms with Gasteiger partial charge in [0.1, 0.15) is 0 Å². The number of nitrogens with zero attached hydrogens (tertiary/aromatic N) is 1. The van der Waals surface area contributed by atoms with Gasteiger partial charge in [0.2, 0.25) is 5.91 Å². The van der Waals surface area contributed by atoms with E-state index in [1.807, 2.05) is 18.2 Å². The van der Waals surface area contributed by atoms with Crippen molar-refractivity contribution in [3.8, 4) is 0 Å². The van der Waals surface area contributed by atoms with Crippen molar-refractivity contribution in [1.29, 1.82) is 0 Å². The molecule has 1 saturated heterocycles. The van der Waals surface area contributed by atoms with Gasteiger partial charge in [0, 0.05) is 31.1 Å². The Morgan fingerprint density at radius 1 is 1.03 bits per heavy atom. The van der Waals surface area contributed by atoms with E-state index in [0.717, 1.165) is 80.0 Å². The third kappa shape index (κ3) is 6.07. The van der Waals surface area contributed by atoms with Crippen LogP contribution in [0.3, 0.4) is 0 Å². The Hall–Kier alpha value is -3.54. The Morgan fingerprint density at radius 2 is 1.89 bits per heavy atom. The number of fused-ring (bicyclic) bond motifs is 1. The molecule has 1 aromatic carbocycles. The zero-order valence-electron chi connectivity index (χ0n) is 21.4. The van der Waals surface area contributed by atoms with E-state index >= 15 is 0 Å². The first-order valence-electron chi connectivity index (χ1n) is 13.7. The Kier molecular flexibility index (Phi) is 7.93. The second-order valence-corrected chi connectivity index (χ2v) is 10.4. The standard InChI is InChI=1S/C31H37N3O3/c35-29(36)16-8-7-15-27-30(23-12-5-2-6-13-23)33-26-18-17-24(20-28(26)32-27)31(37)34-19-9-14-25(21-34)22-10-3-1-4-11-22/h2-3,5-6,10-13,18,20,24-25,32-33H,1,4,7-9,14-17,19,21H2,(H,35,36). The number of piperidine rings is 1. The van der Waals surface area contributed by atoms with Crippen LogP contribution in [-0.2, 0) is 9.59 Å². The maximum atomic E-state index is 13.6. The summed E-state index contributed by atoms with van der Waals surface area (Å²) in [5.74, 6) is -0.270. The van der Waals surface area contributed by atoms with Gasteiger partial charge in [-0.25, -0.2) is 0 Å². The van der Waals surface area contributed by atoms with Crippen molar-refractivity contribution in [2.24, 2.45) is 11.8 Å². The summed E-state index contributed by atoms with van der Waals surface area (Å²) < 4.78 is 0. The summed E-state index contributed by atoms with van der Waals surface area (Å²) in [7, 11) is 0. The zero-order valence-corrected chi connectivity index (χ0v) is 21.4. The number of amides is 1. The smallest absolute Gasteiger partial charge is 0.303 e. The molecular formula is C31H37N3O3. The number of benzene rings is 1. The predicted molar refractivity (Wildman–Crippen MR) is 146 cm³/mol. The Bertz CT molecular complexity index is 1180. The molecule has 2 aliphatic heterocycles. The van der Waals surface area contributed by atoms with Gasteiger partial charge in [0.15, 0.2) is 0 Å². The molecule has 0 radical (unpaired) electrons. The fourth-order valence-corrected chi connectivity index (χ4v) is 5.79. The number of allylic oxidation sites excluding steroid dienone is 5. The van der Waals surface area contributed by atoms with Crippen molar-refractivity contribution in [3.05, 3.63) is 88.9 Å². The number of hydrogen-bond donors (Lipinski definition) is 3. The first-order valence-corrected chi connectivity index (χ1v) is 13.7. The van der Waals surface area contributed by atoms with E-state index in [9.17, 15) is 9.59 Å². The minimum atomic E-state index is -0.760. The van der Waals surface area contributed by atoms with Crippen LogP contribution in [0.2, 0.25) is 0 Å². The van der Waals surface area contributed by atoms with Crippen LogP contribution < -0.4 is 10.6 Å². The highest BCUT2D eigenvalue weighted by Crippen LogP contribution is 2.33. The van der Waals surface area contributed by atoms with E-state index in [1.165, 1.54) is 5.57 Å². The average molecular weight is 500 g/mol. The highest BCUT2D eigenvalue weighted by atomic mass is 16.4. The topological polar surface area (TPSA) is 81.7 Å². The third-order valence-corrected chi connectivity index (χ3v) is 7.76. The molecule has 2 atom stereocenters. The minimum absolute atomic E-state index is 0.172. The highest BCUT2D eigenvalue weighted by molar-refractivity contribution is 5.82. The minimum Gasteiger partial charge on any atom is -0.481 e. The lowest BCUT2D eigenvalue weighted by atomic mass is 9.86. The molecule has 0 spiro atoms. The maximum absolute atomic E-state index is 13.6. The van der Waals surface area contributed by atoms with Gasteiger partial charge in [-0.3, -0.25) is 9.59 Å². The van der Waals surface area contributed by atoms with Gasteiger partial charge in [-0.05, 0) is 68.6 Å². The number of nitrogens with one attached hydrogen (secondary N) is 2. The Labute approximate surface area is 219 Å². The second-order valence-electron chi connectivity index (χ2n) is 10.4. The Balaban J connectivity index is 1.30.